The predicted octanol–water partition coefficient (Wildman–Crippen LogP) is 5.00. The third kappa shape index (κ3) is 10.5. The van der Waals surface area contributed by atoms with Crippen molar-refractivity contribution in [2.75, 3.05) is 28.3 Å². The highest BCUT2D eigenvalue weighted by Gasteiger charge is 2.49. The first kappa shape index (κ1) is 43.7. The number of ketones is 2. The molecular weight excluding hydrogens is 756 g/mol. The second kappa shape index (κ2) is 19.6. The second-order valence-electron chi connectivity index (χ2n) is 11.2. The van der Waals surface area contributed by atoms with Gasteiger partial charge in [0.05, 0.1) is 26.4 Å². The molecule has 0 spiro atoms. The Labute approximate surface area is 323 Å². The minimum atomic E-state index is -2.98. The van der Waals surface area contributed by atoms with E-state index < -0.39 is 36.2 Å². The van der Waals surface area contributed by atoms with E-state index in [4.69, 9.17) is 38.5 Å². The lowest BCUT2D eigenvalue weighted by molar-refractivity contribution is -0.129. The third-order valence-corrected chi connectivity index (χ3v) is 7.84. The molecule has 5 rings (SSSR count). The summed E-state index contributed by atoms with van der Waals surface area (Å²) in [6.45, 7) is 1.41. The average Bonchev–Trinajstić information content (AvgIpc) is 3.44. The molecule has 0 radical (unpaired) electrons. The number of likely N-dealkylation sites (N-methyl/N-ethyl adjacent to an activating group) is 1. The van der Waals surface area contributed by atoms with E-state index >= 15 is 0 Å². The van der Waals surface area contributed by atoms with Crippen molar-refractivity contribution >= 4 is 35.1 Å². The van der Waals surface area contributed by atoms with Gasteiger partial charge in [-0.3, -0.25) is 24.3 Å². The molecule has 0 bridgehead atoms. The van der Waals surface area contributed by atoms with Crippen molar-refractivity contribution in [2.24, 2.45) is 27.2 Å². The zero-order valence-corrected chi connectivity index (χ0v) is 30.6. The van der Waals surface area contributed by atoms with E-state index in [0.29, 0.717) is 16.9 Å². The van der Waals surface area contributed by atoms with E-state index in [9.17, 15) is 31.9 Å². The Balaban J connectivity index is 0.000000276. The average molecular weight is 791 g/mol. The number of halogens is 4. The van der Waals surface area contributed by atoms with Crippen molar-refractivity contribution in [1.82, 2.24) is 4.90 Å². The molecule has 15 nitrogen and oxygen atoms in total. The van der Waals surface area contributed by atoms with Gasteiger partial charge in [0.15, 0.2) is 17.5 Å². The summed E-state index contributed by atoms with van der Waals surface area (Å²) >= 11 is 0. The third-order valence-electron chi connectivity index (χ3n) is 7.84. The number of methoxy groups -OCH3 is 2. The van der Waals surface area contributed by atoms with Gasteiger partial charge in [0.25, 0.3) is 5.91 Å². The van der Waals surface area contributed by atoms with Crippen LogP contribution in [-0.4, -0.2) is 75.8 Å². The van der Waals surface area contributed by atoms with E-state index in [2.05, 4.69) is 24.3 Å². The zero-order chi connectivity index (χ0) is 42.4. The van der Waals surface area contributed by atoms with Crippen LogP contribution < -0.4 is 36.1 Å². The summed E-state index contributed by atoms with van der Waals surface area (Å²) in [5.41, 5.74) is 15.2. The molecule has 1 atom stereocenters. The molecule has 1 aliphatic heterocycles. The molecule has 4 aromatic rings. The molecule has 6 N–H and O–H groups in total. The van der Waals surface area contributed by atoms with Crippen LogP contribution in [0.15, 0.2) is 94.9 Å². The number of guanidine groups is 2. The largest absolute Gasteiger partial charge is 0.508 e. The van der Waals surface area contributed by atoms with E-state index in [-0.39, 0.29) is 51.5 Å². The van der Waals surface area contributed by atoms with Gasteiger partial charge in [-0.05, 0) is 77.9 Å². The van der Waals surface area contributed by atoms with Crippen LogP contribution in [0.3, 0.4) is 0 Å². The maximum absolute atomic E-state index is 13.1. The van der Waals surface area contributed by atoms with Crippen molar-refractivity contribution < 1.29 is 50.9 Å². The lowest BCUT2D eigenvalue weighted by atomic mass is 9.82. The fourth-order valence-corrected chi connectivity index (χ4v) is 5.05. The number of hydrogen-bond acceptors (Lipinski definition) is 11. The number of alkyl halides is 4. The summed E-state index contributed by atoms with van der Waals surface area (Å²) < 4.78 is 67.7. The summed E-state index contributed by atoms with van der Waals surface area (Å²) in [4.78, 5) is 49.9. The molecule has 296 valence electrons. The van der Waals surface area contributed by atoms with Crippen molar-refractivity contribution in [3.8, 4) is 29.1 Å². The number of nitrogens with zero attached hydrogens (tertiary/aromatic N) is 5. The molecule has 1 amide bonds. The molecule has 1 aliphatic rings. The molecular formula is C38H34F4N8O7. The Hall–Kier alpha value is -7.67. The van der Waals surface area contributed by atoms with Crippen LogP contribution in [-0.2, 0) is 10.3 Å². The molecule has 0 aromatic heterocycles. The fourth-order valence-electron chi connectivity index (χ4n) is 5.05. The Bertz CT molecular complexity index is 2240. The van der Waals surface area contributed by atoms with Gasteiger partial charge in [0, 0.05) is 25.2 Å². The molecule has 0 saturated carbocycles. The Kier molecular flexibility index (Phi) is 15.0. The molecule has 0 aliphatic carbocycles. The minimum Gasteiger partial charge on any atom is -0.508 e. The topological polar surface area (TPSA) is 222 Å². The number of rotatable bonds is 11. The van der Waals surface area contributed by atoms with Crippen LogP contribution in [0.2, 0.25) is 0 Å². The first-order valence-corrected chi connectivity index (χ1v) is 16.0. The number of carbonyl (C=O) groups is 3. The second-order valence-corrected chi connectivity index (χ2v) is 11.2. The Morgan fingerprint density at radius 3 is 1.75 bits per heavy atom. The standard InChI is InChI=1S/C19H16F2N4O3.C17H11F2NO4.C2H7N3/c1-23-14-10-12(6-9-15(14)27-3)19(16(26)25(2)18(22)24-19)11-4-7-13(8-5-11)28-17(20)21;1-23-14-7-4-11(8-12(14)9-20)16(22)15(21)10-2-5-13(6-3-10)24-17(18)19;1-5-2(3)4/h4-10,17H,2-3H3,(H2,22,24);2-8,17H,1H3;1H3,(H4,3,4,5). The number of nitrogens with two attached hydrogens (primary N) is 3. The highest BCUT2D eigenvalue weighted by Crippen LogP contribution is 2.43. The molecule has 1 unspecified atom stereocenters. The summed E-state index contributed by atoms with van der Waals surface area (Å²) in [6, 6.07) is 20.9. The zero-order valence-electron chi connectivity index (χ0n) is 30.6. The van der Waals surface area contributed by atoms with Gasteiger partial charge in [-0.1, -0.05) is 18.2 Å². The highest BCUT2D eigenvalue weighted by atomic mass is 19.3. The number of aliphatic imine (C=N–C) groups is 2. The number of carbonyl (C=O) groups excluding carboxylic acids is 3. The molecule has 57 heavy (non-hydrogen) atoms. The number of ether oxygens (including phenoxy) is 4. The summed E-state index contributed by atoms with van der Waals surface area (Å²) in [5.74, 6) is -1.49. The maximum atomic E-state index is 13.1. The van der Waals surface area contributed by atoms with Crippen LogP contribution in [0.5, 0.6) is 23.0 Å². The minimum absolute atomic E-state index is 0.00177. The summed E-state index contributed by atoms with van der Waals surface area (Å²) in [7, 11) is 5.84. The Morgan fingerprint density at radius 2 is 1.32 bits per heavy atom. The fraction of sp³-hybridized carbons (Fsp3) is 0.184. The van der Waals surface area contributed by atoms with Crippen LogP contribution in [0, 0.1) is 17.9 Å². The van der Waals surface area contributed by atoms with Gasteiger partial charge in [-0.25, -0.2) is 9.84 Å². The molecule has 1 heterocycles. The molecule has 4 aromatic carbocycles. The van der Waals surface area contributed by atoms with Gasteiger partial charge in [-0.2, -0.15) is 22.8 Å². The highest BCUT2D eigenvalue weighted by molar-refractivity contribution is 6.49. The van der Waals surface area contributed by atoms with Gasteiger partial charge >= 0.3 is 13.2 Å². The molecule has 0 fully saturated rings. The number of Topliss-reactive ketones (excluding diaryl/α,β-unsaturated/α-hetero) is 2. The quantitative estimate of drug-likeness (QED) is 0.0458. The number of nitriles is 1. The summed E-state index contributed by atoms with van der Waals surface area (Å²) in [5, 5.41) is 9.01. The van der Waals surface area contributed by atoms with E-state index in [1.807, 2.05) is 6.07 Å². The van der Waals surface area contributed by atoms with Crippen molar-refractivity contribution in [1.29, 1.82) is 5.26 Å². The van der Waals surface area contributed by atoms with Crippen molar-refractivity contribution in [3.63, 3.8) is 0 Å². The van der Waals surface area contributed by atoms with Gasteiger partial charge < -0.3 is 36.1 Å². The van der Waals surface area contributed by atoms with Crippen molar-refractivity contribution in [3.05, 3.63) is 124 Å². The van der Waals surface area contributed by atoms with Crippen LogP contribution in [0.25, 0.3) is 4.85 Å². The monoisotopic (exact) mass is 790 g/mol. The van der Waals surface area contributed by atoms with Gasteiger partial charge in [0.1, 0.15) is 29.1 Å². The Morgan fingerprint density at radius 1 is 0.842 bits per heavy atom. The number of hydrogen-bond donors (Lipinski definition) is 3. The number of amides is 1. The number of benzene rings is 4. The predicted molar refractivity (Wildman–Crippen MR) is 199 cm³/mol. The van der Waals surface area contributed by atoms with Crippen molar-refractivity contribution in [2.45, 2.75) is 18.8 Å². The van der Waals surface area contributed by atoms with E-state index in [1.165, 1.54) is 106 Å². The lowest BCUT2D eigenvalue weighted by Gasteiger charge is -2.26. The molecule has 0 saturated heterocycles. The first-order valence-electron chi connectivity index (χ1n) is 16.0. The van der Waals surface area contributed by atoms with Crippen LogP contribution in [0.1, 0.15) is 37.4 Å². The van der Waals surface area contributed by atoms with Crippen LogP contribution >= 0.6 is 0 Å². The first-order chi connectivity index (χ1) is 27.1. The van der Waals surface area contributed by atoms with E-state index in [0.717, 1.165) is 0 Å². The van der Waals surface area contributed by atoms with E-state index in [1.54, 1.807) is 12.1 Å². The van der Waals surface area contributed by atoms with Gasteiger partial charge in [-0.15, -0.1) is 0 Å². The SMILES string of the molecule is CN=C(N)N.COc1ccc(C(=O)C(=O)c2ccc(OC(F)F)cc2)cc1C#N.[C-]#[N+]c1cc(C2(c3ccc(OC(F)F)cc3)N=C(N)N(C)C2=O)ccc1OC. The maximum Gasteiger partial charge on any atom is 0.387 e. The summed E-state index contributed by atoms with van der Waals surface area (Å²) in [6.07, 6.45) is 0. The van der Waals surface area contributed by atoms with Crippen LogP contribution in [0.4, 0.5) is 23.2 Å². The van der Waals surface area contributed by atoms with Gasteiger partial charge in [0.2, 0.25) is 17.3 Å². The molecule has 19 heteroatoms. The normalized spacial score (nSPS) is 14.1. The smallest absolute Gasteiger partial charge is 0.387 e. The lowest BCUT2D eigenvalue weighted by Crippen LogP contribution is -2.41.